The van der Waals surface area contributed by atoms with E-state index in [0.717, 1.165) is 5.56 Å². The number of nitrogens with one attached hydrogen (secondary N) is 1. The predicted molar refractivity (Wildman–Crippen MR) is 80.5 cm³/mol. The van der Waals surface area contributed by atoms with E-state index in [4.69, 9.17) is 4.74 Å². The summed E-state index contributed by atoms with van der Waals surface area (Å²) in [6.07, 6.45) is -0.165. The highest BCUT2D eigenvalue weighted by Crippen LogP contribution is 2.28. The summed E-state index contributed by atoms with van der Waals surface area (Å²) < 4.78 is 5.84. The number of amides is 1. The second-order valence-corrected chi connectivity index (χ2v) is 5.25. The molecule has 2 atom stereocenters. The van der Waals surface area contributed by atoms with Gasteiger partial charge in [0.25, 0.3) is 11.5 Å². The summed E-state index contributed by atoms with van der Waals surface area (Å²) in [5.41, 5.74) is 0.954. The molecule has 1 aromatic carbocycles. The van der Waals surface area contributed by atoms with E-state index in [9.17, 15) is 9.59 Å². The first-order valence-corrected chi connectivity index (χ1v) is 7.20. The molecule has 1 N–H and O–H groups in total. The zero-order valence-electron chi connectivity index (χ0n) is 12.2. The van der Waals surface area contributed by atoms with Crippen molar-refractivity contribution in [1.82, 2.24) is 15.1 Å². The minimum absolute atomic E-state index is 0.114. The zero-order valence-corrected chi connectivity index (χ0v) is 12.2. The molecule has 0 bridgehead atoms. The van der Waals surface area contributed by atoms with Crippen LogP contribution in [0.2, 0.25) is 0 Å². The van der Waals surface area contributed by atoms with E-state index in [-0.39, 0.29) is 29.3 Å². The average molecular weight is 299 g/mol. The second kappa shape index (κ2) is 6.11. The molecule has 1 aliphatic rings. The van der Waals surface area contributed by atoms with Gasteiger partial charge < -0.3 is 9.64 Å². The number of benzene rings is 1. The van der Waals surface area contributed by atoms with Crippen molar-refractivity contribution in [3.8, 4) is 0 Å². The van der Waals surface area contributed by atoms with Gasteiger partial charge in [0.05, 0.1) is 12.6 Å². The topological polar surface area (TPSA) is 75.3 Å². The van der Waals surface area contributed by atoms with Crippen LogP contribution in [0.25, 0.3) is 0 Å². The van der Waals surface area contributed by atoms with Crippen molar-refractivity contribution in [3.63, 3.8) is 0 Å². The molecule has 0 spiro atoms. The summed E-state index contributed by atoms with van der Waals surface area (Å²) in [7, 11) is 0. The number of H-pyrrole nitrogens is 1. The second-order valence-electron chi connectivity index (χ2n) is 5.25. The third kappa shape index (κ3) is 2.78. The molecule has 114 valence electrons. The van der Waals surface area contributed by atoms with Crippen LogP contribution in [0.15, 0.2) is 47.3 Å². The van der Waals surface area contributed by atoms with Crippen LogP contribution >= 0.6 is 0 Å². The standard InChI is InChI=1S/C16H17N3O3/c1-11-15(12-5-3-2-4-6-12)22-10-9-19(11)16(21)13-7-8-14(20)18-17-13/h2-8,11,15H,9-10H2,1H3,(H,18,20). The highest BCUT2D eigenvalue weighted by molar-refractivity contribution is 5.92. The lowest BCUT2D eigenvalue weighted by atomic mass is 10.0. The molecule has 1 saturated heterocycles. The zero-order chi connectivity index (χ0) is 15.5. The molecule has 1 aromatic heterocycles. The van der Waals surface area contributed by atoms with E-state index < -0.39 is 0 Å². The Morgan fingerprint density at radius 2 is 2.05 bits per heavy atom. The third-order valence-electron chi connectivity index (χ3n) is 3.85. The maximum atomic E-state index is 12.6. The lowest BCUT2D eigenvalue weighted by Crippen LogP contribution is -2.49. The molecular formula is C16H17N3O3. The van der Waals surface area contributed by atoms with Crippen LogP contribution < -0.4 is 5.56 Å². The molecule has 1 fully saturated rings. The monoisotopic (exact) mass is 299 g/mol. The SMILES string of the molecule is CC1C(c2ccccc2)OCCN1C(=O)c1ccc(=O)[nH]n1. The minimum Gasteiger partial charge on any atom is -0.370 e. The van der Waals surface area contributed by atoms with Crippen LogP contribution in [0.3, 0.4) is 0 Å². The lowest BCUT2D eigenvalue weighted by Gasteiger charge is -2.39. The smallest absolute Gasteiger partial charge is 0.274 e. The van der Waals surface area contributed by atoms with E-state index in [2.05, 4.69) is 10.2 Å². The number of carbonyl (C=O) groups excluding carboxylic acids is 1. The van der Waals surface area contributed by atoms with Gasteiger partial charge in [0.1, 0.15) is 11.8 Å². The van der Waals surface area contributed by atoms with Crippen molar-refractivity contribution in [2.45, 2.75) is 19.1 Å². The number of rotatable bonds is 2. The Bertz CT molecular complexity index is 694. The molecule has 6 heteroatoms. The summed E-state index contributed by atoms with van der Waals surface area (Å²) in [6, 6.07) is 12.5. The number of hydrogen-bond acceptors (Lipinski definition) is 4. The van der Waals surface area contributed by atoms with Crippen LogP contribution in [0.1, 0.15) is 29.1 Å². The van der Waals surface area contributed by atoms with Crippen molar-refractivity contribution < 1.29 is 9.53 Å². The molecule has 22 heavy (non-hydrogen) atoms. The average Bonchev–Trinajstić information content (AvgIpc) is 2.56. The van der Waals surface area contributed by atoms with Gasteiger partial charge in [-0.3, -0.25) is 9.59 Å². The van der Waals surface area contributed by atoms with Crippen LogP contribution in [0, 0.1) is 0 Å². The van der Waals surface area contributed by atoms with E-state index in [0.29, 0.717) is 13.2 Å². The number of ether oxygens (including phenoxy) is 1. The lowest BCUT2D eigenvalue weighted by molar-refractivity contribution is -0.0553. The molecule has 2 unspecified atom stereocenters. The Hall–Kier alpha value is -2.47. The molecule has 1 amide bonds. The largest absolute Gasteiger partial charge is 0.370 e. The summed E-state index contributed by atoms with van der Waals surface area (Å²) in [4.78, 5) is 25.4. The minimum atomic E-state index is -0.325. The van der Waals surface area contributed by atoms with Crippen LogP contribution in [0.4, 0.5) is 0 Å². The Labute approximate surface area is 127 Å². The van der Waals surface area contributed by atoms with Crippen LogP contribution in [-0.2, 0) is 4.74 Å². The summed E-state index contributed by atoms with van der Waals surface area (Å²) in [5, 5.41) is 6.11. The van der Waals surface area contributed by atoms with Gasteiger partial charge in [-0.2, -0.15) is 5.10 Å². The van der Waals surface area contributed by atoms with Gasteiger partial charge in [0, 0.05) is 12.6 Å². The maximum absolute atomic E-state index is 12.6. The first-order chi connectivity index (χ1) is 10.7. The van der Waals surface area contributed by atoms with Gasteiger partial charge in [-0.25, -0.2) is 5.10 Å². The number of hydrogen-bond donors (Lipinski definition) is 1. The maximum Gasteiger partial charge on any atom is 0.274 e. The van der Waals surface area contributed by atoms with Gasteiger partial charge in [-0.15, -0.1) is 0 Å². The van der Waals surface area contributed by atoms with Gasteiger partial charge in [-0.1, -0.05) is 30.3 Å². The molecule has 2 aromatic rings. The fourth-order valence-corrected chi connectivity index (χ4v) is 2.70. The summed E-state index contributed by atoms with van der Waals surface area (Å²) >= 11 is 0. The first kappa shape index (κ1) is 14.5. The highest BCUT2D eigenvalue weighted by Gasteiger charge is 2.33. The predicted octanol–water partition coefficient (Wildman–Crippen LogP) is 1.37. The van der Waals surface area contributed by atoms with Crippen molar-refractivity contribution in [1.29, 1.82) is 0 Å². The van der Waals surface area contributed by atoms with Crippen LogP contribution in [-0.4, -0.2) is 40.2 Å². The van der Waals surface area contributed by atoms with E-state index in [1.165, 1.54) is 12.1 Å². The fraction of sp³-hybridized carbons (Fsp3) is 0.312. The van der Waals surface area contributed by atoms with E-state index in [1.807, 2.05) is 37.3 Å². The summed E-state index contributed by atoms with van der Waals surface area (Å²) in [6.45, 7) is 2.93. The van der Waals surface area contributed by atoms with Gasteiger partial charge in [0.15, 0.2) is 0 Å². The third-order valence-corrected chi connectivity index (χ3v) is 3.85. The van der Waals surface area contributed by atoms with Crippen molar-refractivity contribution >= 4 is 5.91 Å². The quantitative estimate of drug-likeness (QED) is 0.909. The Morgan fingerprint density at radius 1 is 1.27 bits per heavy atom. The molecule has 3 rings (SSSR count). The number of aromatic nitrogens is 2. The fourth-order valence-electron chi connectivity index (χ4n) is 2.70. The van der Waals surface area contributed by atoms with E-state index >= 15 is 0 Å². The number of nitrogens with zero attached hydrogens (tertiary/aromatic N) is 2. The molecule has 2 heterocycles. The molecule has 0 radical (unpaired) electrons. The van der Waals surface area contributed by atoms with Gasteiger partial charge in [0.2, 0.25) is 0 Å². The summed E-state index contributed by atoms with van der Waals surface area (Å²) in [5.74, 6) is -0.201. The van der Waals surface area contributed by atoms with Crippen molar-refractivity contribution in [2.24, 2.45) is 0 Å². The van der Waals surface area contributed by atoms with Gasteiger partial charge >= 0.3 is 0 Å². The van der Waals surface area contributed by atoms with E-state index in [1.54, 1.807) is 4.90 Å². The first-order valence-electron chi connectivity index (χ1n) is 7.20. The van der Waals surface area contributed by atoms with Gasteiger partial charge in [-0.05, 0) is 18.6 Å². The highest BCUT2D eigenvalue weighted by atomic mass is 16.5. The molecule has 0 aliphatic carbocycles. The molecular weight excluding hydrogens is 282 g/mol. The Balaban J connectivity index is 1.83. The molecule has 0 saturated carbocycles. The van der Waals surface area contributed by atoms with Crippen LogP contribution in [0.5, 0.6) is 0 Å². The Morgan fingerprint density at radius 3 is 2.73 bits per heavy atom. The Kier molecular flexibility index (Phi) is 4.02. The number of carbonyl (C=O) groups is 1. The number of morpholine rings is 1. The molecule has 1 aliphatic heterocycles. The molecule has 6 nitrogen and oxygen atoms in total. The van der Waals surface area contributed by atoms with Crippen molar-refractivity contribution in [2.75, 3.05) is 13.2 Å². The van der Waals surface area contributed by atoms with Crippen molar-refractivity contribution in [3.05, 3.63) is 64.1 Å². The normalized spacial score (nSPS) is 21.6. The number of aromatic amines is 1.